The molecule has 0 unspecified atom stereocenters. The Labute approximate surface area is 146 Å². The highest BCUT2D eigenvalue weighted by atomic mass is 32.2. The molecule has 4 N–H and O–H groups in total. The molecule has 1 heterocycles. The lowest BCUT2D eigenvalue weighted by Crippen LogP contribution is -2.49. The van der Waals surface area contributed by atoms with Crippen molar-refractivity contribution in [1.82, 2.24) is 9.62 Å². The maximum atomic E-state index is 12.7. The number of nitrogens with two attached hydrogens (primary N) is 1. The summed E-state index contributed by atoms with van der Waals surface area (Å²) in [6.07, 6.45) is 3.07. The van der Waals surface area contributed by atoms with Gasteiger partial charge in [0, 0.05) is 18.8 Å². The molecule has 0 spiro atoms. The normalized spacial score (nSPS) is 20.9. The number of rotatable bonds is 4. The molecule has 9 heteroatoms. The fraction of sp³-hybridized carbons (Fsp3) is 0.500. The minimum atomic E-state index is -3.80. The van der Waals surface area contributed by atoms with Gasteiger partial charge >= 0.3 is 0 Å². The van der Waals surface area contributed by atoms with Crippen molar-refractivity contribution in [3.8, 4) is 0 Å². The molecule has 136 valence electrons. The maximum absolute atomic E-state index is 12.7. The zero-order valence-corrected chi connectivity index (χ0v) is 14.6. The molecule has 1 saturated heterocycles. The summed E-state index contributed by atoms with van der Waals surface area (Å²) in [5.41, 5.74) is 5.61. The molecule has 8 nitrogen and oxygen atoms in total. The summed E-state index contributed by atoms with van der Waals surface area (Å²) in [5.74, 6) is -0.623. The zero-order valence-electron chi connectivity index (χ0n) is 13.8. The number of benzene rings is 1. The minimum absolute atomic E-state index is 0.0393. The van der Waals surface area contributed by atoms with Crippen LogP contribution in [0.1, 0.15) is 25.7 Å². The molecule has 1 aliphatic carbocycles. The summed E-state index contributed by atoms with van der Waals surface area (Å²) in [5, 5.41) is 5.31. The van der Waals surface area contributed by atoms with Gasteiger partial charge in [0.25, 0.3) is 0 Å². The van der Waals surface area contributed by atoms with Crippen LogP contribution in [0.5, 0.6) is 0 Å². The number of carbonyl (C=O) groups excluding carboxylic acids is 2. The van der Waals surface area contributed by atoms with E-state index in [1.165, 1.54) is 12.1 Å². The van der Waals surface area contributed by atoms with Crippen molar-refractivity contribution in [3.63, 3.8) is 0 Å². The van der Waals surface area contributed by atoms with Crippen LogP contribution in [0, 0.1) is 0 Å². The van der Waals surface area contributed by atoms with Crippen LogP contribution in [0.3, 0.4) is 0 Å². The number of nitrogens with zero attached hydrogens (tertiary/aromatic N) is 1. The van der Waals surface area contributed by atoms with Crippen LogP contribution in [0.2, 0.25) is 0 Å². The second-order valence-electron chi connectivity index (χ2n) is 6.53. The first-order valence-electron chi connectivity index (χ1n) is 8.28. The van der Waals surface area contributed by atoms with Gasteiger partial charge in [-0.05, 0) is 31.0 Å². The van der Waals surface area contributed by atoms with Gasteiger partial charge in [0.1, 0.15) is 0 Å². The summed E-state index contributed by atoms with van der Waals surface area (Å²) in [7, 11) is -3.80. The first-order valence-corrected chi connectivity index (χ1v) is 9.73. The van der Waals surface area contributed by atoms with E-state index in [-0.39, 0.29) is 36.3 Å². The maximum Gasteiger partial charge on any atom is 0.244 e. The molecule has 1 aliphatic heterocycles. The second kappa shape index (κ2) is 6.74. The molecule has 2 amide bonds. The third-order valence-electron chi connectivity index (χ3n) is 4.68. The van der Waals surface area contributed by atoms with E-state index < -0.39 is 15.6 Å². The van der Waals surface area contributed by atoms with Gasteiger partial charge < -0.3 is 16.4 Å². The highest BCUT2D eigenvalue weighted by molar-refractivity contribution is 7.89. The molecule has 3 rings (SSSR count). The van der Waals surface area contributed by atoms with E-state index >= 15 is 0 Å². The number of nitrogens with one attached hydrogen (secondary N) is 2. The number of hydrogen-bond acceptors (Lipinski definition) is 5. The smallest absolute Gasteiger partial charge is 0.244 e. The van der Waals surface area contributed by atoms with Crippen LogP contribution < -0.4 is 16.4 Å². The van der Waals surface area contributed by atoms with Gasteiger partial charge in [-0.2, -0.15) is 4.31 Å². The lowest BCUT2D eigenvalue weighted by molar-refractivity contribution is -0.122. The number of carbonyl (C=O) groups is 2. The molecule has 0 aromatic heterocycles. The van der Waals surface area contributed by atoms with Gasteiger partial charge in [-0.3, -0.25) is 9.59 Å². The predicted octanol–water partition coefficient (Wildman–Crippen LogP) is 0.0171. The Morgan fingerprint density at radius 1 is 1.28 bits per heavy atom. The molecule has 0 bridgehead atoms. The number of amides is 2. The Morgan fingerprint density at radius 3 is 2.68 bits per heavy atom. The summed E-state index contributed by atoms with van der Waals surface area (Å²) < 4.78 is 26.5. The van der Waals surface area contributed by atoms with Crippen molar-refractivity contribution in [1.29, 1.82) is 0 Å². The highest BCUT2D eigenvalue weighted by Crippen LogP contribution is 2.29. The quantitative estimate of drug-likeness (QED) is 0.693. The van der Waals surface area contributed by atoms with Gasteiger partial charge in [0.05, 0.1) is 17.0 Å². The van der Waals surface area contributed by atoms with Crippen molar-refractivity contribution in [2.75, 3.05) is 25.0 Å². The molecular formula is C16H22N4O4S. The van der Waals surface area contributed by atoms with E-state index in [0.717, 1.165) is 17.1 Å². The number of anilines is 1. The van der Waals surface area contributed by atoms with E-state index in [1.807, 2.05) is 0 Å². The average Bonchev–Trinajstić information content (AvgIpc) is 3.03. The fourth-order valence-corrected chi connectivity index (χ4v) is 4.64. The Hall–Kier alpha value is -1.97. The van der Waals surface area contributed by atoms with E-state index in [4.69, 9.17) is 5.73 Å². The first-order chi connectivity index (χ1) is 11.8. The Morgan fingerprint density at radius 2 is 2.00 bits per heavy atom. The highest BCUT2D eigenvalue weighted by Gasteiger charge is 2.37. The third kappa shape index (κ3) is 3.68. The summed E-state index contributed by atoms with van der Waals surface area (Å²) in [4.78, 5) is 23.9. The topological polar surface area (TPSA) is 122 Å². The van der Waals surface area contributed by atoms with Crippen molar-refractivity contribution in [2.24, 2.45) is 5.73 Å². The van der Waals surface area contributed by atoms with Crippen molar-refractivity contribution < 1.29 is 18.0 Å². The third-order valence-corrected chi connectivity index (χ3v) is 6.52. The monoisotopic (exact) mass is 366 g/mol. The van der Waals surface area contributed by atoms with Gasteiger partial charge in [-0.1, -0.05) is 18.9 Å². The minimum Gasteiger partial charge on any atom is -0.354 e. The molecule has 0 atom stereocenters. The van der Waals surface area contributed by atoms with E-state index in [9.17, 15) is 18.0 Å². The molecule has 1 saturated carbocycles. The number of hydrogen-bond donors (Lipinski definition) is 3. The van der Waals surface area contributed by atoms with Crippen LogP contribution in [0.25, 0.3) is 0 Å². The van der Waals surface area contributed by atoms with Crippen LogP contribution in [-0.4, -0.2) is 49.7 Å². The van der Waals surface area contributed by atoms with Crippen LogP contribution in [-0.2, 0) is 19.6 Å². The SMILES string of the molecule is NC1(C(=O)Nc2cccc(S(=O)(=O)N3CCNC(=O)C3)c2)CCCC1. The summed E-state index contributed by atoms with van der Waals surface area (Å²) in [6.45, 7) is 0.297. The van der Waals surface area contributed by atoms with Gasteiger partial charge in [-0.15, -0.1) is 0 Å². The van der Waals surface area contributed by atoms with Crippen molar-refractivity contribution >= 4 is 27.5 Å². The summed E-state index contributed by atoms with van der Waals surface area (Å²) >= 11 is 0. The largest absolute Gasteiger partial charge is 0.354 e. The Bertz CT molecular complexity index is 787. The fourth-order valence-electron chi connectivity index (χ4n) is 3.19. The average molecular weight is 366 g/mol. The lowest BCUT2D eigenvalue weighted by atomic mass is 9.98. The standard InChI is InChI=1S/C16H22N4O4S/c17-16(6-1-2-7-16)15(22)19-12-4-3-5-13(10-12)25(23,24)20-9-8-18-14(21)11-20/h3-5,10H,1-2,6-9,11,17H2,(H,18,21)(H,19,22). The van der Waals surface area contributed by atoms with Crippen molar-refractivity contribution in [2.45, 2.75) is 36.1 Å². The van der Waals surface area contributed by atoms with Crippen LogP contribution >= 0.6 is 0 Å². The molecule has 25 heavy (non-hydrogen) atoms. The molecule has 2 fully saturated rings. The van der Waals surface area contributed by atoms with Crippen LogP contribution in [0.4, 0.5) is 5.69 Å². The number of sulfonamides is 1. The molecule has 1 aromatic rings. The van der Waals surface area contributed by atoms with E-state index in [2.05, 4.69) is 10.6 Å². The van der Waals surface area contributed by atoms with Crippen molar-refractivity contribution in [3.05, 3.63) is 24.3 Å². The number of piperazine rings is 1. The zero-order chi connectivity index (χ0) is 18.1. The molecule has 1 aromatic carbocycles. The Balaban J connectivity index is 1.79. The summed E-state index contributed by atoms with van der Waals surface area (Å²) in [6, 6.07) is 6.03. The van der Waals surface area contributed by atoms with E-state index in [0.29, 0.717) is 18.5 Å². The van der Waals surface area contributed by atoms with Gasteiger partial charge in [0.2, 0.25) is 21.8 Å². The van der Waals surface area contributed by atoms with Gasteiger partial charge in [0.15, 0.2) is 0 Å². The van der Waals surface area contributed by atoms with Crippen LogP contribution in [0.15, 0.2) is 29.2 Å². The predicted molar refractivity (Wildman–Crippen MR) is 92.2 cm³/mol. The lowest BCUT2D eigenvalue weighted by Gasteiger charge is -2.26. The molecule has 0 radical (unpaired) electrons. The first kappa shape index (κ1) is 17.8. The molecule has 2 aliphatic rings. The second-order valence-corrected chi connectivity index (χ2v) is 8.47. The van der Waals surface area contributed by atoms with E-state index in [1.54, 1.807) is 12.1 Å². The Kier molecular flexibility index (Phi) is 4.81. The van der Waals surface area contributed by atoms with Gasteiger partial charge in [-0.25, -0.2) is 8.42 Å². The molecular weight excluding hydrogens is 344 g/mol.